The molecule has 0 atom stereocenters. The van der Waals surface area contributed by atoms with Crippen molar-refractivity contribution in [2.45, 2.75) is 26.4 Å². The zero-order valence-corrected chi connectivity index (χ0v) is 12.5. The van der Waals surface area contributed by atoms with Gasteiger partial charge < -0.3 is 10.6 Å². The Kier molecular flexibility index (Phi) is 5.05. The van der Waals surface area contributed by atoms with E-state index in [9.17, 15) is 4.79 Å². The molecule has 112 valence electrons. The van der Waals surface area contributed by atoms with Crippen LogP contribution in [-0.4, -0.2) is 39.4 Å². The SMILES string of the molecule is Cc1ccc(CN(C)C(=O)Cn2cc(CCN)nn2)cc1. The molecule has 21 heavy (non-hydrogen) atoms. The third-order valence-electron chi connectivity index (χ3n) is 3.25. The maximum Gasteiger partial charge on any atom is 0.244 e. The highest BCUT2D eigenvalue weighted by Gasteiger charge is 2.11. The molecule has 1 heterocycles. The number of carbonyl (C=O) groups is 1. The smallest absolute Gasteiger partial charge is 0.244 e. The van der Waals surface area contributed by atoms with E-state index in [0.717, 1.165) is 11.3 Å². The lowest BCUT2D eigenvalue weighted by molar-refractivity contribution is -0.131. The Hall–Kier alpha value is -2.21. The average Bonchev–Trinajstić information content (AvgIpc) is 2.89. The van der Waals surface area contributed by atoms with Crippen LogP contribution in [0.4, 0.5) is 0 Å². The molecule has 1 aromatic carbocycles. The normalized spacial score (nSPS) is 10.6. The predicted molar refractivity (Wildman–Crippen MR) is 80.4 cm³/mol. The second kappa shape index (κ2) is 6.99. The largest absolute Gasteiger partial charge is 0.340 e. The van der Waals surface area contributed by atoms with E-state index < -0.39 is 0 Å². The first kappa shape index (κ1) is 15.2. The number of aromatic nitrogens is 3. The molecule has 2 rings (SSSR count). The van der Waals surface area contributed by atoms with Gasteiger partial charge in [-0.05, 0) is 19.0 Å². The third kappa shape index (κ3) is 4.39. The van der Waals surface area contributed by atoms with Crippen molar-refractivity contribution in [1.82, 2.24) is 19.9 Å². The van der Waals surface area contributed by atoms with E-state index in [2.05, 4.69) is 10.3 Å². The molecule has 0 bridgehead atoms. The number of benzene rings is 1. The highest BCUT2D eigenvalue weighted by Crippen LogP contribution is 2.06. The topological polar surface area (TPSA) is 77.0 Å². The minimum absolute atomic E-state index is 0.000210. The van der Waals surface area contributed by atoms with Gasteiger partial charge in [0.2, 0.25) is 5.91 Å². The molecule has 0 fully saturated rings. The fraction of sp³-hybridized carbons (Fsp3) is 0.400. The predicted octanol–water partition coefficient (Wildman–Crippen LogP) is 0.746. The van der Waals surface area contributed by atoms with Crippen LogP contribution in [0, 0.1) is 6.92 Å². The molecular weight excluding hydrogens is 266 g/mol. The van der Waals surface area contributed by atoms with Crippen LogP contribution in [0.15, 0.2) is 30.5 Å². The summed E-state index contributed by atoms with van der Waals surface area (Å²) >= 11 is 0. The van der Waals surface area contributed by atoms with Gasteiger partial charge in [-0.15, -0.1) is 5.10 Å². The summed E-state index contributed by atoms with van der Waals surface area (Å²) in [5.41, 5.74) is 8.60. The number of rotatable bonds is 6. The van der Waals surface area contributed by atoms with Crippen LogP contribution in [-0.2, 0) is 24.3 Å². The van der Waals surface area contributed by atoms with Gasteiger partial charge in [0.05, 0.1) is 5.69 Å². The van der Waals surface area contributed by atoms with Crippen molar-refractivity contribution in [3.63, 3.8) is 0 Å². The van der Waals surface area contributed by atoms with Gasteiger partial charge in [-0.25, -0.2) is 4.68 Å². The van der Waals surface area contributed by atoms with E-state index in [1.807, 2.05) is 31.2 Å². The first-order chi connectivity index (χ1) is 10.1. The van der Waals surface area contributed by atoms with E-state index in [4.69, 9.17) is 5.73 Å². The summed E-state index contributed by atoms with van der Waals surface area (Å²) in [6.07, 6.45) is 2.44. The first-order valence-corrected chi connectivity index (χ1v) is 6.97. The number of aryl methyl sites for hydroxylation is 1. The summed E-state index contributed by atoms with van der Waals surface area (Å²) in [6.45, 7) is 3.35. The number of amides is 1. The number of hydrogen-bond acceptors (Lipinski definition) is 4. The highest BCUT2D eigenvalue weighted by molar-refractivity contribution is 5.75. The van der Waals surface area contributed by atoms with Crippen LogP contribution < -0.4 is 5.73 Å². The van der Waals surface area contributed by atoms with Crippen molar-refractivity contribution in [2.24, 2.45) is 5.73 Å². The Morgan fingerprint density at radius 1 is 1.33 bits per heavy atom. The first-order valence-electron chi connectivity index (χ1n) is 6.97. The highest BCUT2D eigenvalue weighted by atomic mass is 16.2. The van der Waals surface area contributed by atoms with Gasteiger partial charge in [0, 0.05) is 26.2 Å². The molecule has 0 spiro atoms. The molecule has 1 amide bonds. The van der Waals surface area contributed by atoms with Gasteiger partial charge in [-0.3, -0.25) is 4.79 Å². The number of likely N-dealkylation sites (N-methyl/N-ethyl adjacent to an activating group) is 1. The maximum absolute atomic E-state index is 12.2. The number of hydrogen-bond donors (Lipinski definition) is 1. The van der Waals surface area contributed by atoms with Crippen molar-refractivity contribution in [3.8, 4) is 0 Å². The average molecular weight is 287 g/mol. The van der Waals surface area contributed by atoms with Gasteiger partial charge in [0.25, 0.3) is 0 Å². The van der Waals surface area contributed by atoms with Crippen molar-refractivity contribution >= 4 is 5.91 Å². The molecule has 0 unspecified atom stereocenters. The van der Waals surface area contributed by atoms with Crippen molar-refractivity contribution in [2.75, 3.05) is 13.6 Å². The number of nitrogens with zero attached hydrogens (tertiary/aromatic N) is 4. The second-order valence-electron chi connectivity index (χ2n) is 5.18. The summed E-state index contributed by atoms with van der Waals surface area (Å²) in [7, 11) is 1.79. The number of carbonyl (C=O) groups excluding carboxylic acids is 1. The van der Waals surface area contributed by atoms with Crippen molar-refractivity contribution < 1.29 is 4.79 Å². The van der Waals surface area contributed by atoms with Crippen LogP contribution in [0.25, 0.3) is 0 Å². The lowest BCUT2D eigenvalue weighted by atomic mass is 10.1. The van der Waals surface area contributed by atoms with E-state index in [0.29, 0.717) is 19.5 Å². The lowest BCUT2D eigenvalue weighted by Crippen LogP contribution is -2.30. The Morgan fingerprint density at radius 2 is 2.05 bits per heavy atom. The Bertz CT molecular complexity index is 590. The Labute approximate surface area is 124 Å². The molecule has 0 aliphatic carbocycles. The second-order valence-corrected chi connectivity index (χ2v) is 5.18. The van der Waals surface area contributed by atoms with E-state index >= 15 is 0 Å². The molecular formula is C15H21N5O. The van der Waals surface area contributed by atoms with Gasteiger partial charge >= 0.3 is 0 Å². The summed E-state index contributed by atoms with van der Waals surface area (Å²) in [4.78, 5) is 13.9. The van der Waals surface area contributed by atoms with Gasteiger partial charge in [-0.1, -0.05) is 35.0 Å². The van der Waals surface area contributed by atoms with Crippen LogP contribution in [0.2, 0.25) is 0 Å². The molecule has 0 radical (unpaired) electrons. The fourth-order valence-electron chi connectivity index (χ4n) is 1.99. The quantitative estimate of drug-likeness (QED) is 0.850. The van der Waals surface area contributed by atoms with Gasteiger partial charge in [-0.2, -0.15) is 0 Å². The molecule has 2 N–H and O–H groups in total. The molecule has 0 aliphatic heterocycles. The monoisotopic (exact) mass is 287 g/mol. The molecule has 0 saturated heterocycles. The molecule has 2 aromatic rings. The third-order valence-corrected chi connectivity index (χ3v) is 3.25. The summed E-state index contributed by atoms with van der Waals surface area (Å²) < 4.78 is 1.55. The van der Waals surface area contributed by atoms with Crippen molar-refractivity contribution in [3.05, 3.63) is 47.3 Å². The van der Waals surface area contributed by atoms with Crippen molar-refractivity contribution in [1.29, 1.82) is 0 Å². The van der Waals surface area contributed by atoms with E-state index in [-0.39, 0.29) is 12.5 Å². The number of nitrogens with two attached hydrogens (primary N) is 1. The van der Waals surface area contributed by atoms with E-state index in [1.54, 1.807) is 22.8 Å². The minimum atomic E-state index is -0.000210. The minimum Gasteiger partial charge on any atom is -0.340 e. The molecule has 6 nitrogen and oxygen atoms in total. The Morgan fingerprint density at radius 3 is 2.71 bits per heavy atom. The molecule has 6 heteroatoms. The van der Waals surface area contributed by atoms with Gasteiger partial charge in [0.1, 0.15) is 6.54 Å². The van der Waals surface area contributed by atoms with E-state index in [1.165, 1.54) is 5.56 Å². The molecule has 1 aromatic heterocycles. The Balaban J connectivity index is 1.90. The molecule has 0 saturated carbocycles. The molecule has 0 aliphatic rings. The summed E-state index contributed by atoms with van der Waals surface area (Å²) in [5.74, 6) is -0.000210. The summed E-state index contributed by atoms with van der Waals surface area (Å²) in [5, 5.41) is 7.91. The van der Waals surface area contributed by atoms with Crippen LogP contribution in [0.5, 0.6) is 0 Å². The fourth-order valence-corrected chi connectivity index (χ4v) is 1.99. The zero-order chi connectivity index (χ0) is 15.2. The summed E-state index contributed by atoms with van der Waals surface area (Å²) in [6, 6.07) is 8.16. The lowest BCUT2D eigenvalue weighted by Gasteiger charge is -2.17. The zero-order valence-electron chi connectivity index (χ0n) is 12.5. The maximum atomic E-state index is 12.2. The van der Waals surface area contributed by atoms with Crippen LogP contribution in [0.1, 0.15) is 16.8 Å². The van der Waals surface area contributed by atoms with Crippen LogP contribution in [0.3, 0.4) is 0 Å². The van der Waals surface area contributed by atoms with Gasteiger partial charge in [0.15, 0.2) is 0 Å². The standard InChI is InChI=1S/C15H21N5O/c1-12-3-5-13(6-4-12)9-19(2)15(21)11-20-10-14(7-8-16)17-18-20/h3-6,10H,7-9,11,16H2,1-2H3. The van der Waals surface area contributed by atoms with Crippen LogP contribution >= 0.6 is 0 Å².